The van der Waals surface area contributed by atoms with Crippen LogP contribution in [0.5, 0.6) is 11.5 Å². The summed E-state index contributed by atoms with van der Waals surface area (Å²) in [5.74, 6) is 0.653. The second kappa shape index (κ2) is 8.83. The van der Waals surface area contributed by atoms with Gasteiger partial charge in [0.25, 0.3) is 5.91 Å². The number of phenolic OH excluding ortho intramolecular Hbond substituents is 1. The summed E-state index contributed by atoms with van der Waals surface area (Å²) in [7, 11) is 1.56. The Bertz CT molecular complexity index is 1090. The first kappa shape index (κ1) is 24.2. The molecule has 1 fully saturated rings. The number of rotatable bonds is 3. The van der Waals surface area contributed by atoms with Gasteiger partial charge in [-0.05, 0) is 64.6 Å². The van der Waals surface area contributed by atoms with Crippen LogP contribution in [0.4, 0.5) is 5.69 Å². The topological polar surface area (TPSA) is 70.9 Å². The van der Waals surface area contributed by atoms with Crippen molar-refractivity contribution in [3.8, 4) is 11.5 Å². The van der Waals surface area contributed by atoms with Crippen LogP contribution in [-0.4, -0.2) is 23.3 Å². The van der Waals surface area contributed by atoms with E-state index in [1.54, 1.807) is 25.3 Å². The van der Waals surface area contributed by atoms with Gasteiger partial charge in [0.1, 0.15) is 17.2 Å². The molecule has 1 amide bonds. The summed E-state index contributed by atoms with van der Waals surface area (Å²) in [6, 6.07) is 9.03. The average molecular weight is 473 g/mol. The van der Waals surface area contributed by atoms with Crippen LogP contribution < -0.4 is 10.1 Å². The molecule has 1 heterocycles. The van der Waals surface area contributed by atoms with Crippen LogP contribution in [-0.2, 0) is 15.6 Å². The Balaban J connectivity index is 2.03. The van der Waals surface area contributed by atoms with Gasteiger partial charge in [-0.3, -0.25) is 4.79 Å². The quantitative estimate of drug-likeness (QED) is 0.497. The Morgan fingerprint density at radius 2 is 1.66 bits per heavy atom. The lowest BCUT2D eigenvalue weighted by molar-refractivity contribution is -0.115. The Kier molecular flexibility index (Phi) is 6.68. The molecule has 2 aromatic carbocycles. The lowest BCUT2D eigenvalue weighted by Gasteiger charge is -2.28. The van der Waals surface area contributed by atoms with Gasteiger partial charge in [-0.1, -0.05) is 53.1 Å². The highest BCUT2D eigenvalue weighted by atomic mass is 35.5. The fourth-order valence-corrected chi connectivity index (χ4v) is 4.38. The number of benzene rings is 2. The zero-order valence-electron chi connectivity index (χ0n) is 19.5. The molecule has 0 radical (unpaired) electrons. The number of aromatic hydroxyl groups is 1. The van der Waals surface area contributed by atoms with Crippen molar-refractivity contribution in [3.63, 3.8) is 0 Å². The van der Waals surface area contributed by atoms with Crippen LogP contribution >= 0.6 is 23.4 Å². The minimum Gasteiger partial charge on any atom is -0.507 e. The fraction of sp³-hybridized carbons (Fsp3) is 0.360. The number of hydrogen-bond donors (Lipinski definition) is 2. The summed E-state index contributed by atoms with van der Waals surface area (Å²) in [4.78, 5) is 17.7. The average Bonchev–Trinajstić information content (AvgIpc) is 3.00. The van der Waals surface area contributed by atoms with Crippen molar-refractivity contribution in [2.24, 2.45) is 4.99 Å². The molecule has 2 aromatic rings. The van der Waals surface area contributed by atoms with Crippen molar-refractivity contribution in [1.29, 1.82) is 0 Å². The number of carbonyl (C=O) groups is 1. The van der Waals surface area contributed by atoms with E-state index in [4.69, 9.17) is 16.3 Å². The second-order valence-electron chi connectivity index (χ2n) is 9.76. The molecule has 170 valence electrons. The SMILES string of the molecule is COc1ccc(Cl)cc1N=C1NC(=O)/C(=C/c2cc(C(C)(C)C)c(O)c(C(C)(C)C)c2)S1. The van der Waals surface area contributed by atoms with E-state index in [0.717, 1.165) is 16.7 Å². The molecule has 1 aliphatic rings. The van der Waals surface area contributed by atoms with Gasteiger partial charge < -0.3 is 15.2 Å². The number of ether oxygens (including phenoxy) is 1. The fourth-order valence-electron chi connectivity index (χ4n) is 3.38. The lowest BCUT2D eigenvalue weighted by atomic mass is 9.78. The van der Waals surface area contributed by atoms with Crippen LogP contribution in [0.15, 0.2) is 40.2 Å². The molecule has 0 atom stereocenters. The summed E-state index contributed by atoms with van der Waals surface area (Å²) >= 11 is 7.34. The van der Waals surface area contributed by atoms with E-state index in [-0.39, 0.29) is 16.7 Å². The molecule has 0 aliphatic carbocycles. The van der Waals surface area contributed by atoms with E-state index in [0.29, 0.717) is 32.3 Å². The third kappa shape index (κ3) is 5.30. The summed E-state index contributed by atoms with van der Waals surface area (Å²) in [6.07, 6.45) is 1.83. The Labute approximate surface area is 198 Å². The third-order valence-corrected chi connectivity index (χ3v) is 6.20. The predicted octanol–water partition coefficient (Wildman–Crippen LogP) is 6.54. The highest BCUT2D eigenvalue weighted by Gasteiger charge is 2.28. The Morgan fingerprint density at radius 3 is 2.19 bits per heavy atom. The normalized spacial score (nSPS) is 17.2. The van der Waals surface area contributed by atoms with Crippen LogP contribution in [0.25, 0.3) is 6.08 Å². The number of methoxy groups -OCH3 is 1. The molecule has 0 bridgehead atoms. The first-order chi connectivity index (χ1) is 14.8. The zero-order chi connectivity index (χ0) is 23.8. The van der Waals surface area contributed by atoms with E-state index >= 15 is 0 Å². The van der Waals surface area contributed by atoms with Crippen molar-refractivity contribution in [3.05, 3.63) is 56.9 Å². The van der Waals surface area contributed by atoms with Gasteiger partial charge in [0.15, 0.2) is 5.17 Å². The largest absolute Gasteiger partial charge is 0.507 e. The summed E-state index contributed by atoms with van der Waals surface area (Å²) in [5, 5.41) is 14.7. The predicted molar refractivity (Wildman–Crippen MR) is 134 cm³/mol. The number of aliphatic imine (C=N–C) groups is 1. The summed E-state index contributed by atoms with van der Waals surface area (Å²) < 4.78 is 5.34. The standard InChI is InChI=1S/C25H29ClN2O3S/c1-24(2,3)16-10-14(11-17(21(16)29)25(4,5)6)12-20-22(30)28-23(32-20)27-18-13-15(26)8-9-19(18)31-7/h8-13,29H,1-7H3,(H,27,28,30)/b20-12-. The van der Waals surface area contributed by atoms with Gasteiger partial charge >= 0.3 is 0 Å². The molecule has 2 N–H and O–H groups in total. The molecule has 0 unspecified atom stereocenters. The lowest BCUT2D eigenvalue weighted by Crippen LogP contribution is -2.19. The van der Waals surface area contributed by atoms with E-state index < -0.39 is 0 Å². The minimum absolute atomic E-state index is 0.225. The Morgan fingerprint density at radius 1 is 1.06 bits per heavy atom. The van der Waals surface area contributed by atoms with Gasteiger partial charge in [-0.2, -0.15) is 0 Å². The minimum atomic E-state index is -0.251. The zero-order valence-corrected chi connectivity index (χ0v) is 21.0. The maximum absolute atomic E-state index is 12.6. The number of nitrogens with one attached hydrogen (secondary N) is 1. The molecular formula is C25H29ClN2O3S. The molecule has 3 rings (SSSR count). The van der Waals surface area contributed by atoms with Crippen LogP contribution in [0.1, 0.15) is 58.2 Å². The van der Waals surface area contributed by atoms with Gasteiger partial charge in [-0.15, -0.1) is 0 Å². The number of hydrogen-bond acceptors (Lipinski definition) is 5. The molecule has 5 nitrogen and oxygen atoms in total. The van der Waals surface area contributed by atoms with Crippen LogP contribution in [0.2, 0.25) is 5.02 Å². The highest BCUT2D eigenvalue weighted by Crippen LogP contribution is 2.41. The number of nitrogens with zero attached hydrogens (tertiary/aromatic N) is 1. The van der Waals surface area contributed by atoms with Gasteiger partial charge in [0.2, 0.25) is 0 Å². The number of halogens is 1. The van der Waals surface area contributed by atoms with Gasteiger partial charge in [0.05, 0.1) is 12.0 Å². The van der Waals surface area contributed by atoms with E-state index in [2.05, 4.69) is 51.9 Å². The maximum Gasteiger partial charge on any atom is 0.264 e. The third-order valence-electron chi connectivity index (χ3n) is 5.06. The van der Waals surface area contributed by atoms with Crippen molar-refractivity contribution >= 4 is 46.2 Å². The molecule has 7 heteroatoms. The van der Waals surface area contributed by atoms with Crippen molar-refractivity contribution < 1.29 is 14.6 Å². The number of amides is 1. The van der Waals surface area contributed by atoms with Gasteiger partial charge in [0, 0.05) is 16.1 Å². The highest BCUT2D eigenvalue weighted by molar-refractivity contribution is 8.18. The molecule has 32 heavy (non-hydrogen) atoms. The summed E-state index contributed by atoms with van der Waals surface area (Å²) in [5.41, 5.74) is 2.59. The van der Waals surface area contributed by atoms with E-state index in [9.17, 15) is 9.90 Å². The van der Waals surface area contributed by atoms with Crippen molar-refractivity contribution in [1.82, 2.24) is 5.32 Å². The van der Waals surface area contributed by atoms with Gasteiger partial charge in [-0.25, -0.2) is 4.99 Å². The number of carbonyl (C=O) groups excluding carboxylic acids is 1. The molecular weight excluding hydrogens is 444 g/mol. The van der Waals surface area contributed by atoms with Crippen molar-refractivity contribution in [2.75, 3.05) is 7.11 Å². The Hall–Kier alpha value is -2.44. The number of thioether (sulfide) groups is 1. The van der Waals surface area contributed by atoms with E-state index in [1.807, 2.05) is 18.2 Å². The first-order valence-corrected chi connectivity index (χ1v) is 11.5. The molecule has 1 aliphatic heterocycles. The van der Waals surface area contributed by atoms with E-state index in [1.165, 1.54) is 11.8 Å². The van der Waals surface area contributed by atoms with Crippen molar-refractivity contribution in [2.45, 2.75) is 52.4 Å². The molecule has 0 spiro atoms. The van der Waals surface area contributed by atoms with Crippen LogP contribution in [0.3, 0.4) is 0 Å². The molecule has 0 saturated carbocycles. The second-order valence-corrected chi connectivity index (χ2v) is 11.2. The molecule has 0 aromatic heterocycles. The number of amidine groups is 1. The summed E-state index contributed by atoms with van der Waals surface area (Å²) in [6.45, 7) is 12.4. The molecule has 1 saturated heterocycles. The first-order valence-electron chi connectivity index (χ1n) is 10.3. The smallest absolute Gasteiger partial charge is 0.264 e. The monoisotopic (exact) mass is 472 g/mol. The van der Waals surface area contributed by atoms with Crippen LogP contribution in [0, 0.1) is 0 Å². The maximum atomic E-state index is 12.6. The number of phenols is 1.